The summed E-state index contributed by atoms with van der Waals surface area (Å²) in [5, 5.41) is 20.8. The highest BCUT2D eigenvalue weighted by atomic mass is 16.6. The average molecular weight is 208 g/mol. The van der Waals surface area contributed by atoms with Gasteiger partial charge in [-0.3, -0.25) is 10.1 Å². The van der Waals surface area contributed by atoms with Gasteiger partial charge < -0.3 is 5.32 Å². The highest BCUT2D eigenvalue weighted by Crippen LogP contribution is 2.28. The van der Waals surface area contributed by atoms with Gasteiger partial charge in [0, 0.05) is 12.6 Å². The quantitative estimate of drug-likeness (QED) is 0.607. The highest BCUT2D eigenvalue weighted by molar-refractivity contribution is 5.93. The lowest BCUT2D eigenvalue weighted by molar-refractivity contribution is -0.383. The van der Waals surface area contributed by atoms with E-state index >= 15 is 0 Å². The first-order valence-electron chi connectivity index (χ1n) is 4.37. The summed E-state index contributed by atoms with van der Waals surface area (Å²) in [5.74, 6) is 0. The van der Waals surface area contributed by atoms with Crippen molar-refractivity contribution in [2.75, 3.05) is 11.9 Å². The van der Waals surface area contributed by atoms with E-state index in [-0.39, 0.29) is 11.2 Å². The first-order valence-corrected chi connectivity index (χ1v) is 4.37. The SMILES string of the molecule is CCNc1ccc([N+](=O)[O-])c2nonc12. The third-order valence-electron chi connectivity index (χ3n) is 1.96. The van der Waals surface area contributed by atoms with Gasteiger partial charge in [0.1, 0.15) is 0 Å². The molecule has 2 aromatic rings. The molecule has 0 aliphatic rings. The first-order chi connectivity index (χ1) is 7.24. The van der Waals surface area contributed by atoms with Crippen molar-refractivity contribution in [2.24, 2.45) is 0 Å². The van der Waals surface area contributed by atoms with Gasteiger partial charge in [-0.2, -0.15) is 0 Å². The predicted octanol–water partition coefficient (Wildman–Crippen LogP) is 1.56. The van der Waals surface area contributed by atoms with Gasteiger partial charge in [-0.15, -0.1) is 0 Å². The van der Waals surface area contributed by atoms with Crippen molar-refractivity contribution in [2.45, 2.75) is 6.92 Å². The molecule has 1 N–H and O–H groups in total. The van der Waals surface area contributed by atoms with E-state index in [2.05, 4.69) is 20.3 Å². The Labute approximate surface area is 84.2 Å². The number of fused-ring (bicyclic) bond motifs is 1. The summed E-state index contributed by atoms with van der Waals surface area (Å²) < 4.78 is 4.50. The number of nitro benzene ring substituents is 1. The molecule has 0 spiro atoms. The molecule has 15 heavy (non-hydrogen) atoms. The number of hydrogen-bond donors (Lipinski definition) is 1. The minimum absolute atomic E-state index is 0.104. The van der Waals surface area contributed by atoms with Crippen LogP contribution in [0.5, 0.6) is 0 Å². The van der Waals surface area contributed by atoms with Crippen molar-refractivity contribution in [3.63, 3.8) is 0 Å². The summed E-state index contributed by atoms with van der Waals surface area (Å²) in [6.45, 7) is 2.61. The monoisotopic (exact) mass is 208 g/mol. The van der Waals surface area contributed by atoms with Gasteiger partial charge >= 0.3 is 5.69 Å². The summed E-state index contributed by atoms with van der Waals surface area (Å²) in [6, 6.07) is 2.97. The molecule has 1 heterocycles. The second-order valence-electron chi connectivity index (χ2n) is 2.88. The van der Waals surface area contributed by atoms with E-state index in [1.165, 1.54) is 6.07 Å². The van der Waals surface area contributed by atoms with Crippen LogP contribution in [0.4, 0.5) is 11.4 Å². The van der Waals surface area contributed by atoms with Crippen LogP contribution in [0.3, 0.4) is 0 Å². The molecule has 7 nitrogen and oxygen atoms in total. The fourth-order valence-electron chi connectivity index (χ4n) is 1.33. The molecule has 0 radical (unpaired) electrons. The van der Waals surface area contributed by atoms with Crippen LogP contribution in [0.15, 0.2) is 16.8 Å². The standard InChI is InChI=1S/C8H8N4O3/c1-2-9-5-3-4-6(12(13)14)8-7(5)10-15-11-8/h3-4,9H,2H2,1H3. The summed E-state index contributed by atoms with van der Waals surface area (Å²) in [5.41, 5.74) is 1.12. The van der Waals surface area contributed by atoms with Gasteiger partial charge in [-0.25, -0.2) is 4.63 Å². The molecule has 0 saturated heterocycles. The molecule has 0 bridgehead atoms. The molecule has 0 unspecified atom stereocenters. The highest BCUT2D eigenvalue weighted by Gasteiger charge is 2.18. The number of non-ortho nitro benzene ring substituents is 1. The number of aromatic nitrogens is 2. The fourth-order valence-corrected chi connectivity index (χ4v) is 1.33. The van der Waals surface area contributed by atoms with Gasteiger partial charge in [0.15, 0.2) is 5.52 Å². The normalized spacial score (nSPS) is 10.5. The summed E-state index contributed by atoms with van der Waals surface area (Å²) in [6.07, 6.45) is 0. The number of hydrogen-bond acceptors (Lipinski definition) is 6. The van der Waals surface area contributed by atoms with E-state index in [1.807, 2.05) is 6.92 Å². The number of anilines is 1. The van der Waals surface area contributed by atoms with E-state index in [0.717, 1.165) is 0 Å². The Kier molecular flexibility index (Phi) is 2.20. The van der Waals surface area contributed by atoms with Crippen LogP contribution in [-0.2, 0) is 0 Å². The predicted molar refractivity (Wildman–Crippen MR) is 52.6 cm³/mol. The van der Waals surface area contributed by atoms with Crippen molar-refractivity contribution >= 4 is 22.4 Å². The molecule has 0 fully saturated rings. The minimum atomic E-state index is -0.512. The van der Waals surface area contributed by atoms with E-state index in [0.29, 0.717) is 17.7 Å². The van der Waals surface area contributed by atoms with Crippen molar-refractivity contribution < 1.29 is 9.55 Å². The fraction of sp³-hybridized carbons (Fsp3) is 0.250. The van der Waals surface area contributed by atoms with Crippen molar-refractivity contribution in [1.82, 2.24) is 10.3 Å². The number of nitrogens with zero attached hydrogens (tertiary/aromatic N) is 3. The van der Waals surface area contributed by atoms with Crippen LogP contribution in [0, 0.1) is 10.1 Å². The van der Waals surface area contributed by atoms with Gasteiger partial charge in [-0.05, 0) is 23.3 Å². The van der Waals surface area contributed by atoms with Crippen LogP contribution in [0.1, 0.15) is 6.92 Å². The number of rotatable bonds is 3. The molecule has 2 rings (SSSR count). The zero-order chi connectivity index (χ0) is 10.8. The average Bonchev–Trinajstić information content (AvgIpc) is 2.66. The summed E-state index contributed by atoms with van der Waals surface area (Å²) >= 11 is 0. The Morgan fingerprint density at radius 2 is 2.20 bits per heavy atom. The molecule has 7 heteroatoms. The molecule has 0 aliphatic heterocycles. The largest absolute Gasteiger partial charge is 0.383 e. The number of benzene rings is 1. The van der Waals surface area contributed by atoms with E-state index in [1.54, 1.807) is 6.07 Å². The van der Waals surface area contributed by atoms with E-state index < -0.39 is 4.92 Å². The van der Waals surface area contributed by atoms with Gasteiger partial charge in [-0.1, -0.05) is 0 Å². The third kappa shape index (κ3) is 1.47. The lowest BCUT2D eigenvalue weighted by Gasteiger charge is -2.01. The molecule has 0 aliphatic carbocycles. The minimum Gasteiger partial charge on any atom is -0.383 e. The van der Waals surface area contributed by atoms with Crippen LogP contribution in [-0.4, -0.2) is 21.8 Å². The van der Waals surface area contributed by atoms with E-state index in [4.69, 9.17) is 0 Å². The molecule has 1 aromatic heterocycles. The summed E-state index contributed by atoms with van der Waals surface area (Å²) in [7, 11) is 0. The third-order valence-corrected chi connectivity index (χ3v) is 1.96. The Bertz CT molecular complexity index is 508. The molecular weight excluding hydrogens is 200 g/mol. The molecule has 0 amide bonds. The maximum absolute atomic E-state index is 10.7. The topological polar surface area (TPSA) is 94.1 Å². The lowest BCUT2D eigenvalue weighted by atomic mass is 10.2. The maximum atomic E-state index is 10.7. The zero-order valence-electron chi connectivity index (χ0n) is 7.93. The molecule has 0 atom stereocenters. The smallest absolute Gasteiger partial charge is 0.300 e. The summed E-state index contributed by atoms with van der Waals surface area (Å²) in [4.78, 5) is 10.1. The Morgan fingerprint density at radius 1 is 1.47 bits per heavy atom. The van der Waals surface area contributed by atoms with Crippen molar-refractivity contribution in [3.8, 4) is 0 Å². The maximum Gasteiger partial charge on any atom is 0.300 e. The molecular formula is C8H8N4O3. The molecule has 0 saturated carbocycles. The van der Waals surface area contributed by atoms with Crippen molar-refractivity contribution in [3.05, 3.63) is 22.2 Å². The second-order valence-corrected chi connectivity index (χ2v) is 2.88. The Balaban J connectivity index is 2.65. The van der Waals surface area contributed by atoms with Crippen molar-refractivity contribution in [1.29, 1.82) is 0 Å². The number of nitro groups is 1. The van der Waals surface area contributed by atoms with E-state index in [9.17, 15) is 10.1 Å². The Hall–Kier alpha value is -2.18. The van der Waals surface area contributed by atoms with Crippen LogP contribution in [0.25, 0.3) is 11.0 Å². The van der Waals surface area contributed by atoms with Gasteiger partial charge in [0.05, 0.1) is 10.6 Å². The Morgan fingerprint density at radius 3 is 2.87 bits per heavy atom. The van der Waals surface area contributed by atoms with Gasteiger partial charge in [0.25, 0.3) is 0 Å². The van der Waals surface area contributed by atoms with Crippen LogP contribution in [0.2, 0.25) is 0 Å². The van der Waals surface area contributed by atoms with Gasteiger partial charge in [0.2, 0.25) is 5.52 Å². The first kappa shape index (κ1) is 9.38. The zero-order valence-corrected chi connectivity index (χ0v) is 7.93. The molecule has 78 valence electrons. The second kappa shape index (κ2) is 3.52. The molecule has 1 aromatic carbocycles. The van der Waals surface area contributed by atoms with Crippen LogP contribution >= 0.6 is 0 Å². The lowest BCUT2D eigenvalue weighted by Crippen LogP contribution is -1.98. The van der Waals surface area contributed by atoms with Crippen LogP contribution < -0.4 is 5.32 Å². The number of nitrogens with one attached hydrogen (secondary N) is 1.